The van der Waals surface area contributed by atoms with Crippen LogP contribution in [0.3, 0.4) is 0 Å². The lowest BCUT2D eigenvalue weighted by Gasteiger charge is -2.04. The number of aromatic nitrogens is 2. The number of carbonyl (C=O) groups is 1. The molecule has 0 saturated carbocycles. The molecule has 1 amide bonds. The van der Waals surface area contributed by atoms with Crippen LogP contribution in [0.25, 0.3) is 0 Å². The highest BCUT2D eigenvalue weighted by Crippen LogP contribution is 2.11. The molecule has 0 bridgehead atoms. The molecule has 0 aliphatic carbocycles. The van der Waals surface area contributed by atoms with Gasteiger partial charge in [-0.2, -0.15) is 0 Å². The molecule has 6 nitrogen and oxygen atoms in total. The zero-order valence-corrected chi connectivity index (χ0v) is 10.8. The van der Waals surface area contributed by atoms with Gasteiger partial charge in [-0.05, 0) is 24.3 Å². The predicted molar refractivity (Wildman–Crippen MR) is 68.1 cm³/mol. The Morgan fingerprint density at radius 1 is 1.32 bits per heavy atom. The molecule has 6 heteroatoms. The third-order valence-corrected chi connectivity index (χ3v) is 2.54. The molecule has 2 aromatic rings. The Bertz CT molecular complexity index is 549. The predicted octanol–water partition coefficient (Wildman–Crippen LogP) is 1.36. The van der Waals surface area contributed by atoms with Crippen LogP contribution in [0, 0.1) is 6.92 Å². The summed E-state index contributed by atoms with van der Waals surface area (Å²) >= 11 is 0. The fourth-order valence-corrected chi connectivity index (χ4v) is 1.57. The molecule has 0 unspecified atom stereocenters. The van der Waals surface area contributed by atoms with Gasteiger partial charge in [0.2, 0.25) is 11.8 Å². The van der Waals surface area contributed by atoms with Crippen molar-refractivity contribution in [2.24, 2.45) is 0 Å². The molecule has 19 heavy (non-hydrogen) atoms. The fourth-order valence-electron chi connectivity index (χ4n) is 1.57. The van der Waals surface area contributed by atoms with E-state index in [-0.39, 0.29) is 5.91 Å². The van der Waals surface area contributed by atoms with Crippen LogP contribution in [-0.4, -0.2) is 29.8 Å². The number of ether oxygens (including phenoxy) is 1. The summed E-state index contributed by atoms with van der Waals surface area (Å²) in [4.78, 5) is 11.8. The van der Waals surface area contributed by atoms with Crippen molar-refractivity contribution >= 4 is 5.91 Å². The largest absolute Gasteiger partial charge is 0.497 e. The van der Waals surface area contributed by atoms with Crippen molar-refractivity contribution in [3.63, 3.8) is 0 Å². The maximum absolute atomic E-state index is 11.8. The Labute approximate surface area is 110 Å². The highest BCUT2D eigenvalue weighted by Gasteiger charge is 2.06. The van der Waals surface area contributed by atoms with Gasteiger partial charge in [-0.25, -0.2) is 0 Å². The summed E-state index contributed by atoms with van der Waals surface area (Å²) in [6, 6.07) is 6.92. The van der Waals surface area contributed by atoms with E-state index in [1.165, 1.54) is 0 Å². The van der Waals surface area contributed by atoms with E-state index >= 15 is 0 Å². The number of carbonyl (C=O) groups excluding carboxylic acids is 1. The normalized spacial score (nSPS) is 10.2. The summed E-state index contributed by atoms with van der Waals surface area (Å²) in [5, 5.41) is 10.4. The Hall–Kier alpha value is -2.37. The van der Waals surface area contributed by atoms with Crippen molar-refractivity contribution in [1.29, 1.82) is 0 Å². The number of aryl methyl sites for hydroxylation is 1. The van der Waals surface area contributed by atoms with Gasteiger partial charge in [0.05, 0.1) is 7.11 Å². The van der Waals surface area contributed by atoms with Crippen LogP contribution in [0.4, 0.5) is 0 Å². The number of nitrogens with one attached hydrogen (secondary N) is 1. The van der Waals surface area contributed by atoms with Gasteiger partial charge in [-0.15, -0.1) is 10.2 Å². The first-order valence-corrected chi connectivity index (χ1v) is 5.90. The minimum Gasteiger partial charge on any atom is -0.497 e. The van der Waals surface area contributed by atoms with Crippen LogP contribution in [0.2, 0.25) is 0 Å². The molecular weight excluding hydrogens is 246 g/mol. The van der Waals surface area contributed by atoms with E-state index in [9.17, 15) is 4.79 Å². The fraction of sp³-hybridized carbons (Fsp3) is 0.308. The molecule has 0 fully saturated rings. The van der Waals surface area contributed by atoms with Gasteiger partial charge >= 0.3 is 0 Å². The van der Waals surface area contributed by atoms with E-state index in [1.807, 2.05) is 0 Å². The highest BCUT2D eigenvalue weighted by atomic mass is 16.5. The lowest BCUT2D eigenvalue weighted by Crippen LogP contribution is -2.25. The van der Waals surface area contributed by atoms with Gasteiger partial charge in [-0.3, -0.25) is 4.79 Å². The van der Waals surface area contributed by atoms with E-state index in [0.717, 1.165) is 5.75 Å². The number of nitrogens with zero attached hydrogens (tertiary/aromatic N) is 2. The zero-order chi connectivity index (χ0) is 13.7. The van der Waals surface area contributed by atoms with Crippen molar-refractivity contribution in [2.45, 2.75) is 13.3 Å². The Morgan fingerprint density at radius 2 is 2.05 bits per heavy atom. The first-order chi connectivity index (χ1) is 9.19. The van der Waals surface area contributed by atoms with Crippen molar-refractivity contribution in [3.8, 4) is 5.75 Å². The molecule has 1 aromatic carbocycles. The average molecular weight is 261 g/mol. The molecule has 0 spiro atoms. The van der Waals surface area contributed by atoms with E-state index < -0.39 is 0 Å². The van der Waals surface area contributed by atoms with E-state index in [4.69, 9.17) is 9.15 Å². The highest BCUT2D eigenvalue weighted by molar-refractivity contribution is 5.94. The van der Waals surface area contributed by atoms with Gasteiger partial charge in [0.25, 0.3) is 5.91 Å². The monoisotopic (exact) mass is 261 g/mol. The third kappa shape index (κ3) is 3.54. The maximum Gasteiger partial charge on any atom is 0.251 e. The van der Waals surface area contributed by atoms with Crippen LogP contribution in [-0.2, 0) is 6.42 Å². The number of methoxy groups -OCH3 is 1. The van der Waals surface area contributed by atoms with Gasteiger partial charge in [0.15, 0.2) is 0 Å². The van der Waals surface area contributed by atoms with Crippen LogP contribution in [0.15, 0.2) is 28.7 Å². The molecule has 0 aliphatic heterocycles. The minimum absolute atomic E-state index is 0.140. The number of amides is 1. The smallest absolute Gasteiger partial charge is 0.251 e. The van der Waals surface area contributed by atoms with Gasteiger partial charge in [0.1, 0.15) is 5.75 Å². The molecule has 100 valence electrons. The third-order valence-electron chi connectivity index (χ3n) is 2.54. The zero-order valence-electron chi connectivity index (χ0n) is 10.8. The molecule has 1 aromatic heterocycles. The molecule has 1 N–H and O–H groups in total. The Balaban J connectivity index is 1.83. The van der Waals surface area contributed by atoms with E-state index in [1.54, 1.807) is 38.3 Å². The van der Waals surface area contributed by atoms with Crippen molar-refractivity contribution in [2.75, 3.05) is 13.7 Å². The van der Waals surface area contributed by atoms with Crippen molar-refractivity contribution in [3.05, 3.63) is 41.6 Å². The quantitative estimate of drug-likeness (QED) is 0.879. The number of rotatable bonds is 5. The number of benzene rings is 1. The van der Waals surface area contributed by atoms with Crippen molar-refractivity contribution < 1.29 is 13.9 Å². The Kier molecular flexibility index (Phi) is 4.12. The second-order valence-electron chi connectivity index (χ2n) is 3.95. The molecule has 1 heterocycles. The summed E-state index contributed by atoms with van der Waals surface area (Å²) in [6.45, 7) is 2.18. The van der Waals surface area contributed by atoms with Crippen LogP contribution in [0.5, 0.6) is 5.75 Å². The van der Waals surface area contributed by atoms with Crippen molar-refractivity contribution in [1.82, 2.24) is 15.5 Å². The first-order valence-electron chi connectivity index (χ1n) is 5.90. The molecule has 0 radical (unpaired) electrons. The van der Waals surface area contributed by atoms with Gasteiger partial charge < -0.3 is 14.5 Å². The lowest BCUT2D eigenvalue weighted by atomic mass is 10.2. The number of hydrogen-bond acceptors (Lipinski definition) is 5. The SMILES string of the molecule is COc1ccc(C(=O)NCCc2nnc(C)o2)cc1. The lowest BCUT2D eigenvalue weighted by molar-refractivity contribution is 0.0953. The molecule has 2 rings (SSSR count). The first kappa shape index (κ1) is 13.1. The Morgan fingerprint density at radius 3 is 2.63 bits per heavy atom. The topological polar surface area (TPSA) is 77.2 Å². The summed E-state index contributed by atoms with van der Waals surface area (Å²) in [7, 11) is 1.58. The second kappa shape index (κ2) is 5.99. The van der Waals surface area contributed by atoms with Crippen LogP contribution >= 0.6 is 0 Å². The summed E-state index contributed by atoms with van der Waals surface area (Å²) in [6.07, 6.45) is 0.517. The van der Waals surface area contributed by atoms with Gasteiger partial charge in [-0.1, -0.05) is 0 Å². The maximum atomic E-state index is 11.8. The second-order valence-corrected chi connectivity index (χ2v) is 3.95. The van der Waals surface area contributed by atoms with E-state index in [0.29, 0.717) is 30.3 Å². The van der Waals surface area contributed by atoms with E-state index in [2.05, 4.69) is 15.5 Å². The average Bonchev–Trinajstić information content (AvgIpc) is 2.84. The molecule has 0 aliphatic rings. The van der Waals surface area contributed by atoms with Crippen LogP contribution in [0.1, 0.15) is 22.1 Å². The summed E-state index contributed by atoms with van der Waals surface area (Å²) < 4.78 is 10.2. The number of hydrogen-bond donors (Lipinski definition) is 1. The molecule has 0 saturated heterocycles. The molecule has 0 atom stereocenters. The van der Waals surface area contributed by atoms with Gasteiger partial charge in [0, 0.05) is 25.5 Å². The molecular formula is C13H15N3O3. The summed E-state index contributed by atoms with van der Waals surface area (Å²) in [5.41, 5.74) is 0.586. The van der Waals surface area contributed by atoms with Crippen LogP contribution < -0.4 is 10.1 Å². The minimum atomic E-state index is -0.140. The standard InChI is InChI=1S/C13H15N3O3/c1-9-15-16-12(19-9)7-8-14-13(17)10-3-5-11(18-2)6-4-10/h3-6H,7-8H2,1-2H3,(H,14,17). The summed E-state index contributed by atoms with van der Waals surface area (Å²) in [5.74, 6) is 1.63.